The van der Waals surface area contributed by atoms with Crippen LogP contribution in [0.3, 0.4) is 0 Å². The summed E-state index contributed by atoms with van der Waals surface area (Å²) in [5.41, 5.74) is 1.05. The lowest BCUT2D eigenvalue weighted by molar-refractivity contribution is -0.126. The fraction of sp³-hybridized carbons (Fsp3) is 0.360. The maximum atomic E-state index is 13.6. The molecule has 0 aliphatic carbocycles. The highest BCUT2D eigenvalue weighted by Gasteiger charge is 2.28. The number of carbonyl (C=O) groups is 2. The van der Waals surface area contributed by atoms with Gasteiger partial charge in [-0.05, 0) is 48.4 Å². The number of anilines is 1. The number of aliphatic hydroxyl groups excluding tert-OH is 2. The molecule has 0 aliphatic rings. The molecule has 0 bridgehead atoms. The van der Waals surface area contributed by atoms with Crippen LogP contribution in [0, 0.1) is 5.82 Å². The van der Waals surface area contributed by atoms with Crippen molar-refractivity contribution in [3.05, 3.63) is 71.4 Å². The fourth-order valence-electron chi connectivity index (χ4n) is 3.19. The molecule has 212 valence electrons. The summed E-state index contributed by atoms with van der Waals surface area (Å²) in [4.78, 5) is 33.0. The summed E-state index contributed by atoms with van der Waals surface area (Å²) in [5.74, 6) is -1.00. The Morgan fingerprint density at radius 2 is 1.63 bits per heavy atom. The zero-order valence-corrected chi connectivity index (χ0v) is 23.1. The number of carbonyl (C=O) groups excluding carboxylic acids is 2. The van der Waals surface area contributed by atoms with Crippen LogP contribution in [-0.2, 0) is 16.1 Å². The highest BCUT2D eigenvalue weighted by Crippen LogP contribution is 2.28. The Hall–Kier alpha value is -3.34. The third-order valence-electron chi connectivity index (χ3n) is 4.94. The maximum absolute atomic E-state index is 13.6. The molecule has 0 saturated heterocycles. The van der Waals surface area contributed by atoms with Gasteiger partial charge >= 0.3 is 0 Å². The number of nitrogens with one attached hydrogen (secondary N) is 1. The Balaban J connectivity index is 0.00000326. The molecule has 2 rings (SSSR count). The molecule has 9 nitrogen and oxygen atoms in total. The van der Waals surface area contributed by atoms with Crippen molar-refractivity contribution in [2.75, 3.05) is 52.7 Å². The van der Waals surface area contributed by atoms with Crippen molar-refractivity contribution in [1.29, 1.82) is 0 Å². The van der Waals surface area contributed by atoms with E-state index >= 15 is 0 Å². The molecule has 1 unspecified atom stereocenters. The van der Waals surface area contributed by atoms with E-state index in [-0.39, 0.29) is 37.0 Å². The Morgan fingerprint density at radius 1 is 1.05 bits per heavy atom. The smallest absolute Gasteiger partial charge is 0.274 e. The lowest BCUT2D eigenvalue weighted by Gasteiger charge is -2.33. The van der Waals surface area contributed by atoms with Crippen molar-refractivity contribution in [2.24, 2.45) is 0 Å². The number of hydrogen-bond donors (Lipinski definition) is 3. The van der Waals surface area contributed by atoms with Crippen LogP contribution in [0.15, 0.2) is 60.0 Å². The van der Waals surface area contributed by atoms with E-state index in [2.05, 4.69) is 19.5 Å². The van der Waals surface area contributed by atoms with Crippen LogP contribution in [-0.4, -0.2) is 80.2 Å². The first-order valence-corrected chi connectivity index (χ1v) is 12.5. The SMILES string of the molecule is CF.CN(CCCO)C(=O)/C(=C(/NCO)N(C)C=O)N(Cc1ccc(F)cc1)c1ccc(OF)cc1.CP. The highest BCUT2D eigenvalue weighted by molar-refractivity contribution is 7.15. The van der Waals surface area contributed by atoms with E-state index in [0.29, 0.717) is 31.3 Å². The number of alkyl halides is 1. The Morgan fingerprint density at radius 3 is 2.11 bits per heavy atom. The normalized spacial score (nSPS) is 10.5. The van der Waals surface area contributed by atoms with Crippen molar-refractivity contribution < 1.29 is 38.1 Å². The van der Waals surface area contributed by atoms with Crippen molar-refractivity contribution in [3.8, 4) is 5.75 Å². The van der Waals surface area contributed by atoms with Gasteiger partial charge in [0.15, 0.2) is 5.75 Å². The van der Waals surface area contributed by atoms with Crippen LogP contribution in [0.5, 0.6) is 5.75 Å². The molecule has 0 aliphatic heterocycles. The molecule has 0 aromatic heterocycles. The van der Waals surface area contributed by atoms with Gasteiger partial charge in [0, 0.05) is 44.0 Å². The van der Waals surface area contributed by atoms with Crippen LogP contribution in [0.1, 0.15) is 12.0 Å². The summed E-state index contributed by atoms with van der Waals surface area (Å²) in [6.45, 7) is 1.49. The zero-order chi connectivity index (χ0) is 29.1. The average Bonchev–Trinajstić information content (AvgIpc) is 2.97. The molecule has 0 fully saturated rings. The summed E-state index contributed by atoms with van der Waals surface area (Å²) in [6, 6.07) is 11.4. The number of rotatable bonds is 13. The first-order chi connectivity index (χ1) is 18.4. The first kappa shape index (κ1) is 34.7. The molecule has 0 heterocycles. The Bertz CT molecular complexity index is 982. The number of halogens is 3. The van der Waals surface area contributed by atoms with Crippen molar-refractivity contribution in [2.45, 2.75) is 13.0 Å². The van der Waals surface area contributed by atoms with Gasteiger partial charge in [-0.2, -0.15) is 0 Å². The molecule has 3 N–H and O–H groups in total. The second-order valence-corrected chi connectivity index (χ2v) is 7.34. The van der Waals surface area contributed by atoms with Gasteiger partial charge in [-0.25, -0.2) is 4.39 Å². The highest BCUT2D eigenvalue weighted by atomic mass is 31.0. The molecule has 2 aromatic carbocycles. The van der Waals surface area contributed by atoms with Gasteiger partial charge < -0.3 is 30.2 Å². The minimum atomic E-state index is -0.580. The van der Waals surface area contributed by atoms with Crippen LogP contribution in [0.2, 0.25) is 0 Å². The number of aliphatic hydroxyl groups is 2. The van der Waals surface area contributed by atoms with E-state index in [9.17, 15) is 33.1 Å². The Labute approximate surface area is 223 Å². The molecular weight excluding hydrogens is 524 g/mol. The van der Waals surface area contributed by atoms with E-state index in [4.69, 9.17) is 0 Å². The summed E-state index contributed by atoms with van der Waals surface area (Å²) in [5, 5.41) is 21.4. The quantitative estimate of drug-likeness (QED) is 0.150. The maximum Gasteiger partial charge on any atom is 0.274 e. The lowest BCUT2D eigenvalue weighted by Crippen LogP contribution is -2.43. The van der Waals surface area contributed by atoms with E-state index in [0.717, 1.165) is 4.90 Å². The number of nitrogens with zero attached hydrogens (tertiary/aromatic N) is 3. The van der Waals surface area contributed by atoms with Crippen LogP contribution in [0.25, 0.3) is 0 Å². The first-order valence-electron chi connectivity index (χ1n) is 11.4. The average molecular weight is 561 g/mol. The van der Waals surface area contributed by atoms with Gasteiger partial charge in [-0.3, -0.25) is 18.9 Å². The van der Waals surface area contributed by atoms with Crippen LogP contribution < -0.4 is 15.2 Å². The predicted molar refractivity (Wildman–Crippen MR) is 144 cm³/mol. The minimum Gasteiger partial charge on any atom is -0.396 e. The molecule has 0 radical (unpaired) electrons. The summed E-state index contributed by atoms with van der Waals surface area (Å²) < 4.78 is 35.6. The van der Waals surface area contributed by atoms with Crippen molar-refractivity contribution in [3.63, 3.8) is 0 Å². The number of hydrogen-bond acceptors (Lipinski definition) is 7. The van der Waals surface area contributed by atoms with E-state index in [1.54, 1.807) is 17.0 Å². The standard InChI is InChI=1S/C23H28F2N4O5.CH3F.CH5P/c1-27(12-3-13-30)23(33)21(22(26-15-31)28(2)16-32)29(14-17-4-6-18(24)7-5-17)19-8-10-20(34-25)11-9-19;2*1-2/h4-11,16,26,30-31H,3,12-15H2,1-2H3;1H3;2H2,1H3/b22-21+;;. The third kappa shape index (κ3) is 10.6. The molecule has 2 amide bonds. The van der Waals surface area contributed by atoms with Gasteiger partial charge in [-0.1, -0.05) is 18.8 Å². The topological polar surface area (TPSA) is 106 Å². The van der Waals surface area contributed by atoms with Crippen LogP contribution in [0.4, 0.5) is 19.0 Å². The number of amides is 2. The minimum absolute atomic E-state index is 0.00581. The molecule has 0 saturated carbocycles. The van der Waals surface area contributed by atoms with Gasteiger partial charge in [0.05, 0.1) is 7.18 Å². The second kappa shape index (κ2) is 19.7. The molecular formula is C25H36F3N4O5P. The predicted octanol–water partition coefficient (Wildman–Crippen LogP) is 2.81. The largest absolute Gasteiger partial charge is 0.396 e. The lowest BCUT2D eigenvalue weighted by atomic mass is 10.1. The van der Waals surface area contributed by atoms with Crippen LogP contribution >= 0.6 is 9.24 Å². The molecule has 13 heteroatoms. The summed E-state index contributed by atoms with van der Waals surface area (Å²) in [7, 11) is 5.85. The number of benzene rings is 2. The second-order valence-electron chi connectivity index (χ2n) is 7.34. The molecule has 1 atom stereocenters. The Kier molecular flexibility index (Phi) is 18.0. The molecule has 2 aromatic rings. The van der Waals surface area contributed by atoms with E-state index < -0.39 is 18.5 Å². The van der Waals surface area contributed by atoms with E-state index in [1.165, 1.54) is 55.4 Å². The number of likely N-dealkylation sites (N-methyl/N-ethyl adjacent to an activating group) is 1. The fourth-order valence-corrected chi connectivity index (χ4v) is 3.19. The van der Waals surface area contributed by atoms with Gasteiger partial charge in [0.2, 0.25) is 6.41 Å². The molecule has 0 spiro atoms. The van der Waals surface area contributed by atoms with Crippen molar-refractivity contribution >= 4 is 27.2 Å². The van der Waals surface area contributed by atoms with Gasteiger partial charge in [-0.15, -0.1) is 9.24 Å². The van der Waals surface area contributed by atoms with E-state index in [1.807, 2.05) is 6.66 Å². The molecule has 38 heavy (non-hydrogen) atoms. The summed E-state index contributed by atoms with van der Waals surface area (Å²) in [6.07, 6.45) is 0.789. The third-order valence-corrected chi connectivity index (χ3v) is 4.94. The monoisotopic (exact) mass is 560 g/mol. The zero-order valence-electron chi connectivity index (χ0n) is 21.9. The van der Waals surface area contributed by atoms with Gasteiger partial charge in [0.25, 0.3) is 5.91 Å². The van der Waals surface area contributed by atoms with Gasteiger partial charge in [0.1, 0.15) is 24.1 Å². The summed E-state index contributed by atoms with van der Waals surface area (Å²) >= 11 is 0. The van der Waals surface area contributed by atoms with Crippen molar-refractivity contribution in [1.82, 2.24) is 15.1 Å².